The zero-order valence-electron chi connectivity index (χ0n) is 14.3. The minimum Gasteiger partial charge on any atom is -0.280 e. The lowest BCUT2D eigenvalue weighted by molar-refractivity contribution is 0.599. The minimum atomic E-state index is -3.67. The van der Waals surface area contributed by atoms with E-state index in [4.69, 9.17) is 11.6 Å². The monoisotopic (exact) mass is 351 g/mol. The maximum Gasteiger partial charge on any atom is 0.262 e. The summed E-state index contributed by atoms with van der Waals surface area (Å²) in [6, 6.07) is 5.15. The minimum absolute atomic E-state index is 0.356. The molecule has 0 atom stereocenters. The van der Waals surface area contributed by atoms with Crippen molar-refractivity contribution in [3.63, 3.8) is 0 Å². The third-order valence-electron chi connectivity index (χ3n) is 4.62. The first-order valence-corrected chi connectivity index (χ1v) is 9.28. The molecule has 0 radical (unpaired) electrons. The molecule has 0 bridgehead atoms. The van der Waals surface area contributed by atoms with Gasteiger partial charge in [-0.1, -0.05) is 17.7 Å². The van der Waals surface area contributed by atoms with Crippen molar-refractivity contribution in [2.75, 3.05) is 4.72 Å². The van der Waals surface area contributed by atoms with Crippen LogP contribution in [0.1, 0.15) is 33.4 Å². The van der Waals surface area contributed by atoms with Crippen LogP contribution in [0.25, 0.3) is 0 Å². The van der Waals surface area contributed by atoms with Crippen LogP contribution in [0.3, 0.4) is 0 Å². The molecule has 0 unspecified atom stereocenters. The molecule has 5 heteroatoms. The molecular formula is C18H22ClNO2S. The zero-order valence-corrected chi connectivity index (χ0v) is 15.9. The molecule has 0 fully saturated rings. The van der Waals surface area contributed by atoms with E-state index in [0.717, 1.165) is 33.4 Å². The Bertz CT molecular complexity index is 857. The van der Waals surface area contributed by atoms with Crippen molar-refractivity contribution in [2.45, 2.75) is 46.4 Å². The van der Waals surface area contributed by atoms with Crippen molar-refractivity contribution in [3.8, 4) is 0 Å². The van der Waals surface area contributed by atoms with Crippen molar-refractivity contribution < 1.29 is 8.42 Å². The molecule has 23 heavy (non-hydrogen) atoms. The number of rotatable bonds is 3. The Balaban J connectivity index is 2.58. The van der Waals surface area contributed by atoms with Gasteiger partial charge in [-0.25, -0.2) is 8.42 Å². The Hall–Kier alpha value is -1.52. The summed E-state index contributed by atoms with van der Waals surface area (Å²) in [5.41, 5.74) is 6.11. The average Bonchev–Trinajstić information content (AvgIpc) is 2.46. The van der Waals surface area contributed by atoms with Crippen LogP contribution < -0.4 is 4.72 Å². The van der Waals surface area contributed by atoms with E-state index in [1.165, 1.54) is 0 Å². The molecule has 0 saturated carbocycles. The molecule has 2 rings (SSSR count). The predicted octanol–water partition coefficient (Wildman–Crippen LogP) is 4.99. The van der Waals surface area contributed by atoms with Crippen molar-refractivity contribution >= 4 is 27.3 Å². The lowest BCUT2D eigenvalue weighted by atomic mass is 9.95. The first-order chi connectivity index (χ1) is 10.6. The second kappa shape index (κ2) is 6.17. The molecule has 0 heterocycles. The fourth-order valence-corrected chi connectivity index (χ4v) is 4.56. The van der Waals surface area contributed by atoms with Crippen LogP contribution in [0.5, 0.6) is 0 Å². The molecule has 0 spiro atoms. The summed E-state index contributed by atoms with van der Waals surface area (Å²) in [4.78, 5) is 0.356. The summed E-state index contributed by atoms with van der Waals surface area (Å²) in [5, 5.41) is 0.537. The zero-order chi connectivity index (χ0) is 17.5. The smallest absolute Gasteiger partial charge is 0.262 e. The van der Waals surface area contributed by atoms with E-state index in [2.05, 4.69) is 4.72 Å². The molecule has 1 N–H and O–H groups in total. The predicted molar refractivity (Wildman–Crippen MR) is 97.1 cm³/mol. The number of hydrogen-bond acceptors (Lipinski definition) is 2. The number of halogens is 1. The van der Waals surface area contributed by atoms with Gasteiger partial charge in [-0.2, -0.15) is 0 Å². The number of sulfonamides is 1. The Morgan fingerprint density at radius 1 is 0.826 bits per heavy atom. The third kappa shape index (κ3) is 3.24. The standard InChI is InChI=1S/C18H22ClNO2S/c1-10-7-8-16(9-17(10)19)20-23(21,22)18-14(5)12(3)11(2)13(4)15(18)6/h7-9,20H,1-6H3. The first-order valence-electron chi connectivity index (χ1n) is 7.42. The van der Waals surface area contributed by atoms with Gasteiger partial charge in [0.1, 0.15) is 0 Å². The van der Waals surface area contributed by atoms with Crippen molar-refractivity contribution in [1.29, 1.82) is 0 Å². The second-order valence-corrected chi connectivity index (χ2v) is 8.05. The molecule has 0 amide bonds. The largest absolute Gasteiger partial charge is 0.280 e. The summed E-state index contributed by atoms with van der Waals surface area (Å²) in [5.74, 6) is 0. The topological polar surface area (TPSA) is 46.2 Å². The molecular weight excluding hydrogens is 330 g/mol. The summed E-state index contributed by atoms with van der Waals surface area (Å²) in [6.45, 7) is 11.5. The van der Waals surface area contributed by atoms with Gasteiger partial charge in [0.15, 0.2) is 0 Å². The Kier molecular flexibility index (Phi) is 4.79. The highest BCUT2D eigenvalue weighted by molar-refractivity contribution is 7.92. The van der Waals surface area contributed by atoms with E-state index < -0.39 is 10.0 Å². The number of aryl methyl sites for hydroxylation is 1. The van der Waals surface area contributed by atoms with Gasteiger partial charge in [-0.3, -0.25) is 4.72 Å². The van der Waals surface area contributed by atoms with Crippen LogP contribution in [-0.2, 0) is 10.0 Å². The van der Waals surface area contributed by atoms with Gasteiger partial charge in [-0.15, -0.1) is 0 Å². The van der Waals surface area contributed by atoms with Crippen molar-refractivity contribution in [1.82, 2.24) is 0 Å². The molecule has 0 aliphatic heterocycles. The van der Waals surface area contributed by atoms with E-state index >= 15 is 0 Å². The van der Waals surface area contributed by atoms with Gasteiger partial charge in [0.25, 0.3) is 10.0 Å². The van der Waals surface area contributed by atoms with Gasteiger partial charge in [-0.05, 0) is 87.1 Å². The number of hydrogen-bond donors (Lipinski definition) is 1. The van der Waals surface area contributed by atoms with Crippen molar-refractivity contribution in [3.05, 3.63) is 56.6 Å². The normalized spacial score (nSPS) is 11.6. The maximum absolute atomic E-state index is 12.9. The quantitative estimate of drug-likeness (QED) is 0.846. The van der Waals surface area contributed by atoms with E-state index in [-0.39, 0.29) is 0 Å². The summed E-state index contributed by atoms with van der Waals surface area (Å²) in [6.07, 6.45) is 0. The molecule has 124 valence electrons. The SMILES string of the molecule is Cc1ccc(NS(=O)(=O)c2c(C)c(C)c(C)c(C)c2C)cc1Cl. The number of anilines is 1. The van der Waals surface area contributed by atoms with E-state index in [1.807, 2.05) is 41.5 Å². The van der Waals surface area contributed by atoms with Crippen LogP contribution in [-0.4, -0.2) is 8.42 Å². The molecule has 3 nitrogen and oxygen atoms in total. The van der Waals surface area contributed by atoms with Gasteiger partial charge in [0, 0.05) is 5.02 Å². The maximum atomic E-state index is 12.9. The Morgan fingerprint density at radius 3 is 1.78 bits per heavy atom. The molecule has 0 saturated heterocycles. The molecule has 2 aromatic rings. The fourth-order valence-electron chi connectivity index (χ4n) is 2.73. The fraction of sp³-hybridized carbons (Fsp3) is 0.333. The van der Waals surface area contributed by atoms with Gasteiger partial charge >= 0.3 is 0 Å². The second-order valence-electron chi connectivity index (χ2n) is 6.02. The van der Waals surface area contributed by atoms with Gasteiger partial charge in [0.2, 0.25) is 0 Å². The summed E-state index contributed by atoms with van der Waals surface area (Å²) in [7, 11) is -3.67. The van der Waals surface area contributed by atoms with Crippen LogP contribution >= 0.6 is 11.6 Å². The average molecular weight is 352 g/mol. The lowest BCUT2D eigenvalue weighted by Gasteiger charge is -2.19. The Morgan fingerprint density at radius 2 is 1.30 bits per heavy atom. The number of benzene rings is 2. The highest BCUT2D eigenvalue weighted by Crippen LogP contribution is 2.31. The number of nitrogens with one attached hydrogen (secondary N) is 1. The first kappa shape index (κ1) is 17.8. The van der Waals surface area contributed by atoms with E-state index in [0.29, 0.717) is 15.6 Å². The molecule has 2 aromatic carbocycles. The van der Waals surface area contributed by atoms with Crippen LogP contribution in [0.4, 0.5) is 5.69 Å². The Labute approximate surface area is 143 Å². The lowest BCUT2D eigenvalue weighted by Crippen LogP contribution is -2.17. The molecule has 0 aliphatic carbocycles. The molecule has 0 aromatic heterocycles. The van der Waals surface area contributed by atoms with Gasteiger partial charge < -0.3 is 0 Å². The molecule has 0 aliphatic rings. The highest BCUT2D eigenvalue weighted by atomic mass is 35.5. The van der Waals surface area contributed by atoms with Crippen LogP contribution in [0, 0.1) is 41.5 Å². The van der Waals surface area contributed by atoms with Gasteiger partial charge in [0.05, 0.1) is 10.6 Å². The summed E-state index contributed by atoms with van der Waals surface area (Å²) >= 11 is 6.09. The third-order valence-corrected chi connectivity index (χ3v) is 6.69. The van der Waals surface area contributed by atoms with Crippen molar-refractivity contribution in [2.24, 2.45) is 0 Å². The highest BCUT2D eigenvalue weighted by Gasteiger charge is 2.23. The summed E-state index contributed by atoms with van der Waals surface area (Å²) < 4.78 is 28.4. The van der Waals surface area contributed by atoms with E-state index in [9.17, 15) is 8.42 Å². The van der Waals surface area contributed by atoms with E-state index in [1.54, 1.807) is 18.2 Å². The van der Waals surface area contributed by atoms with Crippen LogP contribution in [0.2, 0.25) is 5.02 Å². The van der Waals surface area contributed by atoms with Crippen LogP contribution in [0.15, 0.2) is 23.1 Å².